The molecular formula is C15H24N2OS. The molecule has 0 N–H and O–H groups in total. The monoisotopic (exact) mass is 280 g/mol. The molecule has 1 saturated heterocycles. The van der Waals surface area contributed by atoms with Crippen LogP contribution >= 0.6 is 11.8 Å². The lowest BCUT2D eigenvalue weighted by Crippen LogP contribution is -2.40. The van der Waals surface area contributed by atoms with Gasteiger partial charge in [0.25, 0.3) is 0 Å². The maximum Gasteiger partial charge on any atom is 0.178 e. The highest BCUT2D eigenvalue weighted by molar-refractivity contribution is 8.00. The van der Waals surface area contributed by atoms with Crippen LogP contribution in [0.2, 0.25) is 0 Å². The van der Waals surface area contributed by atoms with Gasteiger partial charge in [-0.3, -0.25) is 9.69 Å². The maximum atomic E-state index is 12.4. The molecule has 1 aliphatic rings. The van der Waals surface area contributed by atoms with Crippen molar-refractivity contribution in [3.63, 3.8) is 0 Å². The van der Waals surface area contributed by atoms with Crippen molar-refractivity contribution in [2.45, 2.75) is 32.4 Å². The standard InChI is InChI=1S/C15H24N2OS/c1-5-13-9-17(6-7-19-13)10-15(18)14-8-11(2)16(4)12(14)3/h8,13H,5-7,9-10H2,1-4H3. The zero-order chi connectivity index (χ0) is 14.0. The minimum atomic E-state index is 0.267. The van der Waals surface area contributed by atoms with Gasteiger partial charge in [-0.25, -0.2) is 0 Å². The highest BCUT2D eigenvalue weighted by atomic mass is 32.2. The molecule has 106 valence electrons. The van der Waals surface area contributed by atoms with Gasteiger partial charge in [-0.15, -0.1) is 0 Å². The molecule has 3 nitrogen and oxygen atoms in total. The summed E-state index contributed by atoms with van der Waals surface area (Å²) >= 11 is 2.04. The van der Waals surface area contributed by atoms with E-state index in [2.05, 4.69) is 23.3 Å². The van der Waals surface area contributed by atoms with Gasteiger partial charge in [0.2, 0.25) is 0 Å². The van der Waals surface area contributed by atoms with Crippen molar-refractivity contribution in [3.8, 4) is 0 Å². The summed E-state index contributed by atoms with van der Waals surface area (Å²) in [6, 6.07) is 2.02. The number of carbonyl (C=O) groups is 1. The second-order valence-corrected chi connectivity index (χ2v) is 6.81. The first-order valence-corrected chi connectivity index (χ1v) is 8.07. The van der Waals surface area contributed by atoms with Crippen LogP contribution in [0, 0.1) is 13.8 Å². The van der Waals surface area contributed by atoms with E-state index in [1.54, 1.807) is 0 Å². The summed E-state index contributed by atoms with van der Waals surface area (Å²) in [5, 5.41) is 0.695. The number of hydrogen-bond donors (Lipinski definition) is 0. The Labute approximate surface area is 120 Å². The molecule has 1 fully saturated rings. The number of carbonyl (C=O) groups excluding carboxylic acids is 1. The van der Waals surface area contributed by atoms with E-state index in [0.717, 1.165) is 35.8 Å². The molecule has 4 heteroatoms. The normalized spacial score (nSPS) is 20.7. The van der Waals surface area contributed by atoms with Crippen molar-refractivity contribution >= 4 is 17.5 Å². The van der Waals surface area contributed by atoms with E-state index in [4.69, 9.17) is 0 Å². The molecule has 0 spiro atoms. The summed E-state index contributed by atoms with van der Waals surface area (Å²) in [6.07, 6.45) is 1.19. The van der Waals surface area contributed by atoms with Gasteiger partial charge in [0.15, 0.2) is 5.78 Å². The van der Waals surface area contributed by atoms with Crippen LogP contribution in [0.1, 0.15) is 35.1 Å². The summed E-state index contributed by atoms with van der Waals surface area (Å²) in [7, 11) is 2.02. The van der Waals surface area contributed by atoms with Crippen molar-refractivity contribution < 1.29 is 4.79 Å². The van der Waals surface area contributed by atoms with Gasteiger partial charge in [0, 0.05) is 48.1 Å². The first-order chi connectivity index (χ1) is 9.02. The van der Waals surface area contributed by atoms with Gasteiger partial charge in [-0.05, 0) is 26.3 Å². The van der Waals surface area contributed by atoms with Crippen molar-refractivity contribution in [1.29, 1.82) is 0 Å². The average Bonchev–Trinajstić information content (AvgIpc) is 2.67. The van der Waals surface area contributed by atoms with Crippen LogP contribution in [0.15, 0.2) is 6.07 Å². The molecule has 0 bridgehead atoms. The summed E-state index contributed by atoms with van der Waals surface area (Å²) in [5.41, 5.74) is 3.13. The SMILES string of the molecule is CCC1CN(CC(=O)c2cc(C)n(C)c2C)CCS1. The van der Waals surface area contributed by atoms with Crippen LogP contribution in [-0.4, -0.2) is 45.9 Å². The second-order valence-electron chi connectivity index (χ2n) is 5.40. The van der Waals surface area contributed by atoms with Gasteiger partial charge in [0.05, 0.1) is 6.54 Å². The Morgan fingerprint density at radius 3 is 2.79 bits per heavy atom. The third-order valence-corrected chi connectivity index (χ3v) is 5.49. The minimum Gasteiger partial charge on any atom is -0.351 e. The highest BCUT2D eigenvalue weighted by Crippen LogP contribution is 2.22. The number of rotatable bonds is 4. The lowest BCUT2D eigenvalue weighted by atomic mass is 10.1. The number of hydrogen-bond acceptors (Lipinski definition) is 3. The van der Waals surface area contributed by atoms with Crippen LogP contribution in [0.25, 0.3) is 0 Å². The van der Waals surface area contributed by atoms with E-state index in [1.807, 2.05) is 31.8 Å². The molecule has 0 radical (unpaired) electrons. The van der Waals surface area contributed by atoms with Crippen LogP contribution < -0.4 is 0 Å². The number of Topliss-reactive ketones (excluding diaryl/α,β-unsaturated/α-hetero) is 1. The molecule has 0 aromatic carbocycles. The predicted octanol–water partition coefficient (Wildman–Crippen LogP) is 2.65. The van der Waals surface area contributed by atoms with Gasteiger partial charge in [-0.2, -0.15) is 11.8 Å². The molecule has 2 rings (SSSR count). The Morgan fingerprint density at radius 1 is 1.47 bits per heavy atom. The molecule has 0 saturated carbocycles. The third-order valence-electron chi connectivity index (χ3n) is 4.12. The second kappa shape index (κ2) is 6.14. The van der Waals surface area contributed by atoms with E-state index in [-0.39, 0.29) is 5.78 Å². The zero-order valence-corrected chi connectivity index (χ0v) is 13.2. The summed E-state index contributed by atoms with van der Waals surface area (Å²) < 4.78 is 2.09. The Kier molecular flexibility index (Phi) is 4.74. The molecule has 1 aromatic rings. The van der Waals surface area contributed by atoms with Gasteiger partial charge in [-0.1, -0.05) is 6.92 Å². The zero-order valence-electron chi connectivity index (χ0n) is 12.4. The largest absolute Gasteiger partial charge is 0.351 e. The van der Waals surface area contributed by atoms with Crippen LogP contribution in [0.4, 0.5) is 0 Å². The lowest BCUT2D eigenvalue weighted by molar-refractivity contribution is 0.0932. The topological polar surface area (TPSA) is 25.2 Å². The van der Waals surface area contributed by atoms with Crippen molar-refractivity contribution in [3.05, 3.63) is 23.0 Å². The third kappa shape index (κ3) is 3.23. The molecule has 1 aromatic heterocycles. The van der Waals surface area contributed by atoms with Gasteiger partial charge in [0.1, 0.15) is 0 Å². The molecule has 1 atom stereocenters. The Balaban J connectivity index is 2.02. The first kappa shape index (κ1) is 14.7. The van der Waals surface area contributed by atoms with Crippen molar-refractivity contribution in [1.82, 2.24) is 9.47 Å². The summed E-state index contributed by atoms with van der Waals surface area (Å²) in [6.45, 7) is 8.97. The Hall–Kier alpha value is -0.740. The highest BCUT2D eigenvalue weighted by Gasteiger charge is 2.22. The van der Waals surface area contributed by atoms with Crippen molar-refractivity contribution in [2.24, 2.45) is 7.05 Å². The molecule has 19 heavy (non-hydrogen) atoms. The molecule has 1 aliphatic heterocycles. The fourth-order valence-electron chi connectivity index (χ4n) is 2.60. The lowest BCUT2D eigenvalue weighted by Gasteiger charge is -2.31. The minimum absolute atomic E-state index is 0.267. The van der Waals surface area contributed by atoms with Crippen LogP contribution in [-0.2, 0) is 7.05 Å². The molecule has 1 unspecified atom stereocenters. The number of ketones is 1. The van der Waals surface area contributed by atoms with E-state index in [0.29, 0.717) is 11.8 Å². The van der Waals surface area contributed by atoms with Gasteiger partial charge >= 0.3 is 0 Å². The summed E-state index contributed by atoms with van der Waals surface area (Å²) in [4.78, 5) is 14.7. The van der Waals surface area contributed by atoms with Gasteiger partial charge < -0.3 is 4.57 Å². The Morgan fingerprint density at radius 2 is 2.21 bits per heavy atom. The molecule has 0 amide bonds. The predicted molar refractivity (Wildman–Crippen MR) is 82.2 cm³/mol. The van der Waals surface area contributed by atoms with Crippen LogP contribution in [0.5, 0.6) is 0 Å². The first-order valence-electron chi connectivity index (χ1n) is 7.03. The summed E-state index contributed by atoms with van der Waals surface area (Å²) in [5.74, 6) is 1.42. The Bertz CT molecular complexity index is 467. The molecular weight excluding hydrogens is 256 g/mol. The fourth-order valence-corrected chi connectivity index (χ4v) is 3.85. The van der Waals surface area contributed by atoms with E-state index < -0.39 is 0 Å². The smallest absolute Gasteiger partial charge is 0.178 e. The van der Waals surface area contributed by atoms with E-state index >= 15 is 0 Å². The van der Waals surface area contributed by atoms with Crippen molar-refractivity contribution in [2.75, 3.05) is 25.4 Å². The number of aryl methyl sites for hydroxylation is 1. The number of thioether (sulfide) groups is 1. The maximum absolute atomic E-state index is 12.4. The average molecular weight is 280 g/mol. The van der Waals surface area contributed by atoms with Crippen LogP contribution in [0.3, 0.4) is 0 Å². The molecule has 0 aliphatic carbocycles. The number of nitrogens with zero attached hydrogens (tertiary/aromatic N) is 2. The molecule has 2 heterocycles. The number of aromatic nitrogens is 1. The van der Waals surface area contributed by atoms with E-state index in [9.17, 15) is 4.79 Å². The fraction of sp³-hybridized carbons (Fsp3) is 0.667. The quantitative estimate of drug-likeness (QED) is 0.793. The van der Waals surface area contributed by atoms with E-state index in [1.165, 1.54) is 6.42 Å².